The Balaban J connectivity index is 2.47. The molecular formula is C12H14FN3OS. The Morgan fingerprint density at radius 3 is 2.94 bits per heavy atom. The molecule has 0 spiro atoms. The third-order valence-corrected chi connectivity index (χ3v) is 3.30. The molecular weight excluding hydrogens is 253 g/mol. The topological polar surface area (TPSA) is 70.1 Å². The van der Waals surface area contributed by atoms with Gasteiger partial charge in [-0.2, -0.15) is 5.26 Å². The van der Waals surface area contributed by atoms with Gasteiger partial charge in [0.15, 0.2) is 0 Å². The fourth-order valence-corrected chi connectivity index (χ4v) is 2.06. The van der Waals surface area contributed by atoms with Crippen molar-refractivity contribution in [2.24, 2.45) is 0 Å². The summed E-state index contributed by atoms with van der Waals surface area (Å²) in [4.78, 5) is 13.8. The number of amides is 1. The largest absolute Gasteiger partial charge is 0.396 e. The van der Waals surface area contributed by atoms with Crippen molar-refractivity contribution in [3.63, 3.8) is 0 Å². The number of carbonyl (C=O) groups excluding carboxylic acids is 1. The van der Waals surface area contributed by atoms with Gasteiger partial charge in [0.2, 0.25) is 5.91 Å². The summed E-state index contributed by atoms with van der Waals surface area (Å²) in [5, 5.41) is 8.41. The van der Waals surface area contributed by atoms with Gasteiger partial charge >= 0.3 is 0 Å². The first-order valence-electron chi connectivity index (χ1n) is 5.33. The molecule has 4 nitrogen and oxygen atoms in total. The number of benzene rings is 1. The van der Waals surface area contributed by atoms with Crippen molar-refractivity contribution in [2.45, 2.75) is 11.3 Å². The van der Waals surface area contributed by atoms with E-state index in [4.69, 9.17) is 11.0 Å². The van der Waals surface area contributed by atoms with Crippen molar-refractivity contribution in [1.29, 1.82) is 5.26 Å². The van der Waals surface area contributed by atoms with Crippen molar-refractivity contribution in [3.05, 3.63) is 24.0 Å². The molecule has 0 heterocycles. The average Bonchev–Trinajstić information content (AvgIpc) is 2.36. The van der Waals surface area contributed by atoms with Crippen LogP contribution in [0.1, 0.15) is 6.42 Å². The van der Waals surface area contributed by atoms with E-state index >= 15 is 0 Å². The van der Waals surface area contributed by atoms with Crippen LogP contribution in [0.2, 0.25) is 0 Å². The third-order valence-electron chi connectivity index (χ3n) is 2.32. The molecule has 96 valence electrons. The number of rotatable bonds is 5. The lowest BCUT2D eigenvalue weighted by molar-refractivity contribution is -0.127. The molecule has 0 saturated carbocycles. The number of halogens is 1. The van der Waals surface area contributed by atoms with Crippen molar-refractivity contribution in [3.8, 4) is 6.07 Å². The maximum absolute atomic E-state index is 13.2. The molecule has 6 heteroatoms. The number of nitrogens with two attached hydrogens (primary N) is 1. The second-order valence-corrected chi connectivity index (χ2v) is 4.74. The fraction of sp³-hybridized carbons (Fsp3) is 0.333. The van der Waals surface area contributed by atoms with E-state index in [2.05, 4.69) is 0 Å². The van der Waals surface area contributed by atoms with Crippen molar-refractivity contribution < 1.29 is 9.18 Å². The molecule has 2 N–H and O–H groups in total. The lowest BCUT2D eigenvalue weighted by Crippen LogP contribution is -2.29. The predicted octanol–water partition coefficient (Wildman–Crippen LogP) is 1.87. The molecule has 0 bridgehead atoms. The van der Waals surface area contributed by atoms with Crippen molar-refractivity contribution >= 4 is 23.4 Å². The molecule has 0 aliphatic rings. The Hall–Kier alpha value is -1.74. The summed E-state index contributed by atoms with van der Waals surface area (Å²) in [6.07, 6.45) is 0.309. The van der Waals surface area contributed by atoms with Crippen LogP contribution in [-0.4, -0.2) is 30.2 Å². The van der Waals surface area contributed by atoms with Gasteiger partial charge in [0, 0.05) is 18.5 Å². The van der Waals surface area contributed by atoms with Crippen LogP contribution in [0.5, 0.6) is 0 Å². The van der Waals surface area contributed by atoms with Crippen LogP contribution in [0.4, 0.5) is 10.1 Å². The highest BCUT2D eigenvalue weighted by molar-refractivity contribution is 8.00. The Morgan fingerprint density at radius 2 is 2.33 bits per heavy atom. The van der Waals surface area contributed by atoms with Gasteiger partial charge < -0.3 is 10.6 Å². The smallest absolute Gasteiger partial charge is 0.232 e. The average molecular weight is 267 g/mol. The van der Waals surface area contributed by atoms with E-state index < -0.39 is 5.82 Å². The highest BCUT2D eigenvalue weighted by Gasteiger charge is 2.09. The maximum atomic E-state index is 13.2. The zero-order valence-electron chi connectivity index (χ0n) is 10.0. The van der Waals surface area contributed by atoms with Gasteiger partial charge in [0.25, 0.3) is 0 Å². The van der Waals surface area contributed by atoms with Gasteiger partial charge in [-0.05, 0) is 18.2 Å². The van der Waals surface area contributed by atoms with Crippen LogP contribution in [0.3, 0.4) is 0 Å². The highest BCUT2D eigenvalue weighted by Crippen LogP contribution is 2.22. The lowest BCUT2D eigenvalue weighted by Gasteiger charge is -2.14. The number of thioether (sulfide) groups is 1. The molecule has 0 fully saturated rings. The summed E-state index contributed by atoms with van der Waals surface area (Å²) in [5.74, 6) is -0.358. The Bertz CT molecular complexity index is 473. The van der Waals surface area contributed by atoms with E-state index in [-0.39, 0.29) is 17.3 Å². The molecule has 0 aromatic heterocycles. The molecule has 0 aliphatic carbocycles. The van der Waals surface area contributed by atoms with E-state index in [0.717, 1.165) is 0 Å². The molecule has 18 heavy (non-hydrogen) atoms. The minimum Gasteiger partial charge on any atom is -0.396 e. The fourth-order valence-electron chi connectivity index (χ4n) is 1.20. The Morgan fingerprint density at radius 1 is 1.61 bits per heavy atom. The molecule has 0 saturated heterocycles. The first kappa shape index (κ1) is 14.3. The zero-order valence-corrected chi connectivity index (χ0v) is 10.8. The van der Waals surface area contributed by atoms with Crippen LogP contribution in [0.25, 0.3) is 0 Å². The highest BCUT2D eigenvalue weighted by atomic mass is 32.2. The van der Waals surface area contributed by atoms with E-state index in [1.165, 1.54) is 28.8 Å². The molecule has 1 amide bonds. The summed E-state index contributed by atoms with van der Waals surface area (Å²) in [6.45, 7) is 0.409. The van der Waals surface area contributed by atoms with Gasteiger partial charge in [-0.15, -0.1) is 11.8 Å². The van der Waals surface area contributed by atoms with E-state index in [1.807, 2.05) is 6.07 Å². The standard InChI is InChI=1S/C12H14FN3OS/c1-16(6-2-5-14)12(17)8-18-9-3-4-11(15)10(13)7-9/h3-4,7H,2,6,8,15H2,1H3. The molecule has 1 rings (SSSR count). The van der Waals surface area contributed by atoms with Crippen LogP contribution in [0.15, 0.2) is 23.1 Å². The van der Waals surface area contributed by atoms with Gasteiger partial charge in [0.1, 0.15) is 5.82 Å². The van der Waals surface area contributed by atoms with Gasteiger partial charge in [-0.1, -0.05) is 0 Å². The molecule has 0 atom stereocenters. The van der Waals surface area contributed by atoms with Crippen LogP contribution in [0, 0.1) is 17.1 Å². The van der Waals surface area contributed by atoms with Gasteiger partial charge in [-0.3, -0.25) is 4.79 Å². The number of nitrogen functional groups attached to an aromatic ring is 1. The maximum Gasteiger partial charge on any atom is 0.232 e. The lowest BCUT2D eigenvalue weighted by atomic mass is 10.3. The molecule has 0 aliphatic heterocycles. The second-order valence-electron chi connectivity index (χ2n) is 3.70. The van der Waals surface area contributed by atoms with Crippen LogP contribution >= 0.6 is 11.8 Å². The Kier molecular flexibility index (Phi) is 5.46. The second kappa shape index (κ2) is 6.87. The van der Waals surface area contributed by atoms with E-state index in [1.54, 1.807) is 13.1 Å². The molecule has 0 radical (unpaired) electrons. The van der Waals surface area contributed by atoms with Crippen LogP contribution in [-0.2, 0) is 4.79 Å². The first-order valence-corrected chi connectivity index (χ1v) is 6.32. The minimum atomic E-state index is -0.481. The number of nitriles is 1. The number of nitrogens with zero attached hydrogens (tertiary/aromatic N) is 2. The van der Waals surface area contributed by atoms with E-state index in [9.17, 15) is 9.18 Å². The summed E-state index contributed by atoms with van der Waals surface area (Å²) in [7, 11) is 1.64. The predicted molar refractivity (Wildman–Crippen MR) is 69.4 cm³/mol. The first-order chi connectivity index (χ1) is 8.54. The summed E-state index contributed by atoms with van der Waals surface area (Å²) < 4.78 is 13.2. The third kappa shape index (κ3) is 4.26. The quantitative estimate of drug-likeness (QED) is 0.653. The monoisotopic (exact) mass is 267 g/mol. The number of hydrogen-bond donors (Lipinski definition) is 1. The summed E-state index contributed by atoms with van der Waals surface area (Å²) >= 11 is 1.24. The molecule has 0 unspecified atom stereocenters. The van der Waals surface area contributed by atoms with Crippen LogP contribution < -0.4 is 5.73 Å². The number of hydrogen-bond acceptors (Lipinski definition) is 4. The minimum absolute atomic E-state index is 0.0903. The van der Waals surface area contributed by atoms with Gasteiger partial charge in [-0.25, -0.2) is 4.39 Å². The normalized spacial score (nSPS) is 9.83. The molecule has 1 aromatic carbocycles. The summed E-state index contributed by atoms with van der Waals surface area (Å²) in [6, 6.07) is 6.43. The zero-order chi connectivity index (χ0) is 13.5. The number of carbonyl (C=O) groups is 1. The number of anilines is 1. The SMILES string of the molecule is CN(CCC#N)C(=O)CSc1ccc(N)c(F)c1. The Labute approximate surface area is 110 Å². The van der Waals surface area contributed by atoms with Crippen molar-refractivity contribution in [2.75, 3.05) is 25.1 Å². The van der Waals surface area contributed by atoms with E-state index in [0.29, 0.717) is 17.9 Å². The van der Waals surface area contributed by atoms with Crippen molar-refractivity contribution in [1.82, 2.24) is 4.90 Å². The molecule has 1 aromatic rings. The van der Waals surface area contributed by atoms with Gasteiger partial charge in [0.05, 0.1) is 23.9 Å². The summed E-state index contributed by atoms with van der Waals surface area (Å²) in [5.41, 5.74) is 5.45.